The average molecular weight is 300 g/mol. The van der Waals surface area contributed by atoms with E-state index in [4.69, 9.17) is 0 Å². The lowest BCUT2D eigenvalue weighted by Gasteiger charge is -2.47. The van der Waals surface area contributed by atoms with Crippen molar-refractivity contribution >= 4 is 15.9 Å². The third-order valence-corrected chi connectivity index (χ3v) is 4.33. The first kappa shape index (κ1) is 11.6. The molecule has 1 N–H and O–H groups in total. The van der Waals surface area contributed by atoms with Gasteiger partial charge in [-0.15, -0.1) is 0 Å². The minimum atomic E-state index is -0.433. The number of hydrogen-bond donors (Lipinski definition) is 1. The minimum Gasteiger partial charge on any atom is -0.387 e. The molecule has 0 unspecified atom stereocenters. The van der Waals surface area contributed by atoms with Crippen LogP contribution in [0.25, 0.3) is 0 Å². The highest BCUT2D eigenvalue weighted by atomic mass is 79.9. The first-order chi connectivity index (χ1) is 8.07. The summed E-state index contributed by atoms with van der Waals surface area (Å²) in [5.74, 6) is 0.297. The van der Waals surface area contributed by atoms with Crippen LogP contribution in [0.15, 0.2) is 22.7 Å². The quantitative estimate of drug-likeness (QED) is 0.927. The maximum absolute atomic E-state index is 13.1. The molecule has 92 valence electrons. The maximum Gasteiger partial charge on any atom is 0.137 e. The van der Waals surface area contributed by atoms with E-state index in [0.29, 0.717) is 10.4 Å². The van der Waals surface area contributed by atoms with E-state index in [-0.39, 0.29) is 5.82 Å². The number of halogens is 2. The number of β-amino-alcohol motifs (C(OH)–C–C–N with tert-alkyl or cyclic N) is 1. The normalized spacial score (nSPS) is 23.5. The van der Waals surface area contributed by atoms with Gasteiger partial charge in [-0.05, 0) is 52.4 Å². The van der Waals surface area contributed by atoms with Gasteiger partial charge in [-0.25, -0.2) is 4.39 Å². The summed E-state index contributed by atoms with van der Waals surface area (Å²) in [6.07, 6.45) is 2.35. The fourth-order valence-corrected chi connectivity index (χ4v) is 3.04. The monoisotopic (exact) mass is 299 g/mol. The number of nitrogens with zero attached hydrogens (tertiary/aromatic N) is 1. The van der Waals surface area contributed by atoms with Crippen LogP contribution < -0.4 is 0 Å². The Morgan fingerprint density at radius 3 is 2.71 bits per heavy atom. The average Bonchev–Trinajstić information content (AvgIpc) is 3.04. The highest BCUT2D eigenvalue weighted by molar-refractivity contribution is 9.10. The lowest BCUT2D eigenvalue weighted by Crippen LogP contribution is -2.62. The number of aliphatic hydroxyl groups is 1. The molecular formula is C13H15BrFNO. The molecule has 1 saturated carbocycles. The summed E-state index contributed by atoms with van der Waals surface area (Å²) in [5, 5.41) is 10.2. The van der Waals surface area contributed by atoms with Gasteiger partial charge in [-0.2, -0.15) is 0 Å². The van der Waals surface area contributed by atoms with Crippen LogP contribution in [0.5, 0.6) is 0 Å². The molecule has 0 aromatic heterocycles. The van der Waals surface area contributed by atoms with Crippen molar-refractivity contribution in [2.75, 3.05) is 13.1 Å². The van der Waals surface area contributed by atoms with Crippen molar-refractivity contribution in [3.8, 4) is 0 Å². The molecule has 0 spiro atoms. The van der Waals surface area contributed by atoms with E-state index in [1.54, 1.807) is 6.07 Å². The molecule has 0 amide bonds. The largest absolute Gasteiger partial charge is 0.387 e. The van der Waals surface area contributed by atoms with E-state index < -0.39 is 5.60 Å². The van der Waals surface area contributed by atoms with Gasteiger partial charge in [0.05, 0.1) is 10.1 Å². The summed E-state index contributed by atoms with van der Waals surface area (Å²) in [5.41, 5.74) is 0.646. The molecule has 0 atom stereocenters. The van der Waals surface area contributed by atoms with Gasteiger partial charge >= 0.3 is 0 Å². The van der Waals surface area contributed by atoms with E-state index in [1.165, 1.54) is 18.9 Å². The second-order valence-electron chi connectivity index (χ2n) is 5.27. The molecule has 0 bridgehead atoms. The first-order valence-corrected chi connectivity index (χ1v) is 6.75. The summed E-state index contributed by atoms with van der Waals surface area (Å²) < 4.78 is 13.6. The van der Waals surface area contributed by atoms with Gasteiger partial charge in [0.1, 0.15) is 5.82 Å². The Labute approximate surface area is 109 Å². The number of benzene rings is 1. The van der Waals surface area contributed by atoms with Crippen molar-refractivity contribution in [3.05, 3.63) is 34.1 Å². The van der Waals surface area contributed by atoms with Crippen LogP contribution in [-0.4, -0.2) is 28.7 Å². The third kappa shape index (κ3) is 2.26. The lowest BCUT2D eigenvalue weighted by molar-refractivity contribution is -0.116. The predicted octanol–water partition coefficient (Wildman–Crippen LogP) is 2.54. The molecule has 0 radical (unpaired) electrons. The molecular weight excluding hydrogens is 285 g/mol. The molecule has 17 heavy (non-hydrogen) atoms. The van der Waals surface area contributed by atoms with Crippen LogP contribution in [0.3, 0.4) is 0 Å². The molecule has 1 heterocycles. The Kier molecular flexibility index (Phi) is 2.76. The molecule has 4 heteroatoms. The fourth-order valence-electron chi connectivity index (χ4n) is 2.61. The Morgan fingerprint density at radius 1 is 1.41 bits per heavy atom. The molecule has 1 aromatic rings. The standard InChI is InChI=1S/C13H15BrFNO/c14-11-5-9(1-4-12(11)15)6-16-7-13(17,8-16)10-2-3-10/h1,4-5,10,17H,2-3,6-8H2. The van der Waals surface area contributed by atoms with Crippen LogP contribution in [0.2, 0.25) is 0 Å². The Morgan fingerprint density at radius 2 is 2.12 bits per heavy atom. The zero-order valence-electron chi connectivity index (χ0n) is 9.50. The Balaban J connectivity index is 1.59. The topological polar surface area (TPSA) is 23.5 Å². The van der Waals surface area contributed by atoms with E-state index >= 15 is 0 Å². The summed E-state index contributed by atoms with van der Waals surface area (Å²) in [4.78, 5) is 2.21. The van der Waals surface area contributed by atoms with Crippen molar-refractivity contribution in [1.29, 1.82) is 0 Å². The van der Waals surface area contributed by atoms with Crippen LogP contribution in [-0.2, 0) is 6.54 Å². The molecule has 1 aromatic carbocycles. The smallest absolute Gasteiger partial charge is 0.137 e. The van der Waals surface area contributed by atoms with Gasteiger partial charge in [0.2, 0.25) is 0 Å². The number of rotatable bonds is 3. The Bertz CT molecular complexity index is 441. The molecule has 2 aliphatic rings. The summed E-state index contributed by atoms with van der Waals surface area (Å²) >= 11 is 3.19. The zero-order chi connectivity index (χ0) is 12.0. The fraction of sp³-hybridized carbons (Fsp3) is 0.538. The maximum atomic E-state index is 13.1. The molecule has 3 rings (SSSR count). The van der Waals surface area contributed by atoms with Gasteiger partial charge in [0, 0.05) is 19.6 Å². The van der Waals surface area contributed by atoms with E-state index in [2.05, 4.69) is 20.8 Å². The van der Waals surface area contributed by atoms with Crippen molar-refractivity contribution in [2.45, 2.75) is 25.0 Å². The van der Waals surface area contributed by atoms with Crippen LogP contribution in [0.1, 0.15) is 18.4 Å². The minimum absolute atomic E-state index is 0.230. The summed E-state index contributed by atoms with van der Waals surface area (Å²) in [7, 11) is 0. The van der Waals surface area contributed by atoms with Gasteiger partial charge in [-0.1, -0.05) is 6.07 Å². The van der Waals surface area contributed by atoms with Gasteiger partial charge in [-0.3, -0.25) is 4.90 Å². The van der Waals surface area contributed by atoms with Crippen molar-refractivity contribution in [2.24, 2.45) is 5.92 Å². The second kappa shape index (κ2) is 4.04. The highest BCUT2D eigenvalue weighted by Crippen LogP contribution is 2.44. The summed E-state index contributed by atoms with van der Waals surface area (Å²) in [6, 6.07) is 5.09. The Hall–Kier alpha value is -0.450. The lowest BCUT2D eigenvalue weighted by atomic mass is 9.88. The third-order valence-electron chi connectivity index (χ3n) is 3.72. The first-order valence-electron chi connectivity index (χ1n) is 5.95. The zero-order valence-corrected chi connectivity index (χ0v) is 11.1. The van der Waals surface area contributed by atoms with Gasteiger partial charge in [0.15, 0.2) is 0 Å². The molecule has 1 aliphatic heterocycles. The van der Waals surface area contributed by atoms with Crippen LogP contribution in [0.4, 0.5) is 4.39 Å². The SMILES string of the molecule is OC1(C2CC2)CN(Cc2ccc(F)c(Br)c2)C1. The van der Waals surface area contributed by atoms with E-state index in [9.17, 15) is 9.50 Å². The molecule has 2 fully saturated rings. The van der Waals surface area contributed by atoms with Gasteiger partial charge < -0.3 is 5.11 Å². The van der Waals surface area contributed by atoms with Crippen molar-refractivity contribution in [3.63, 3.8) is 0 Å². The second-order valence-corrected chi connectivity index (χ2v) is 6.13. The van der Waals surface area contributed by atoms with E-state index in [0.717, 1.165) is 25.2 Å². The molecule has 1 saturated heterocycles. The summed E-state index contributed by atoms with van der Waals surface area (Å²) in [6.45, 7) is 2.30. The van der Waals surface area contributed by atoms with Crippen molar-refractivity contribution in [1.82, 2.24) is 4.90 Å². The van der Waals surface area contributed by atoms with Crippen LogP contribution >= 0.6 is 15.9 Å². The van der Waals surface area contributed by atoms with E-state index in [1.807, 2.05) is 6.07 Å². The number of hydrogen-bond acceptors (Lipinski definition) is 2. The van der Waals surface area contributed by atoms with Crippen molar-refractivity contribution < 1.29 is 9.50 Å². The number of likely N-dealkylation sites (tertiary alicyclic amines) is 1. The van der Waals surface area contributed by atoms with Crippen LogP contribution in [0, 0.1) is 11.7 Å². The molecule has 2 nitrogen and oxygen atoms in total. The highest BCUT2D eigenvalue weighted by Gasteiger charge is 2.51. The predicted molar refractivity (Wildman–Crippen MR) is 67.1 cm³/mol. The van der Waals surface area contributed by atoms with Gasteiger partial charge in [0.25, 0.3) is 0 Å². The molecule has 1 aliphatic carbocycles.